The van der Waals surface area contributed by atoms with Gasteiger partial charge < -0.3 is 10.5 Å². The van der Waals surface area contributed by atoms with E-state index in [1.807, 2.05) is 18.2 Å². The molecule has 0 aliphatic heterocycles. The van der Waals surface area contributed by atoms with Gasteiger partial charge in [-0.1, -0.05) is 115 Å². The van der Waals surface area contributed by atoms with Gasteiger partial charge in [0.2, 0.25) is 0 Å². The van der Waals surface area contributed by atoms with E-state index in [0.29, 0.717) is 17.9 Å². The molecule has 3 nitrogen and oxygen atoms in total. The van der Waals surface area contributed by atoms with Gasteiger partial charge in [-0.3, -0.25) is 4.79 Å². The van der Waals surface area contributed by atoms with Crippen molar-refractivity contribution in [2.45, 2.75) is 110 Å². The van der Waals surface area contributed by atoms with Crippen LogP contribution in [-0.2, 0) is 0 Å². The molecule has 2 N–H and O–H groups in total. The number of primary amides is 1. The lowest BCUT2D eigenvalue weighted by Gasteiger charge is -2.09. The van der Waals surface area contributed by atoms with Crippen molar-refractivity contribution >= 4 is 5.91 Å². The average Bonchev–Trinajstić information content (AvgIpc) is 2.70. The number of nitrogens with two attached hydrogens (primary N) is 1. The van der Waals surface area contributed by atoms with Crippen molar-refractivity contribution in [2.24, 2.45) is 5.73 Å². The zero-order chi connectivity index (χ0) is 20.3. The summed E-state index contributed by atoms with van der Waals surface area (Å²) in [6.07, 6.45) is 21.8. The number of hydrogen-bond donors (Lipinski definition) is 1. The Balaban J connectivity index is 1.83. The fraction of sp³-hybridized carbons (Fsp3) is 0.720. The molecule has 0 saturated heterocycles. The topological polar surface area (TPSA) is 52.3 Å². The number of unbranched alkanes of at least 4 members (excludes halogenated alkanes) is 15. The monoisotopic (exact) mass is 389 g/mol. The molecule has 0 aliphatic rings. The molecule has 0 unspecified atom stereocenters. The third-order valence-corrected chi connectivity index (χ3v) is 5.41. The van der Waals surface area contributed by atoms with Crippen molar-refractivity contribution in [1.29, 1.82) is 0 Å². The molecule has 0 spiro atoms. The normalized spacial score (nSPS) is 10.9. The third-order valence-electron chi connectivity index (χ3n) is 5.41. The van der Waals surface area contributed by atoms with Gasteiger partial charge in [-0.25, -0.2) is 0 Å². The Morgan fingerprint density at radius 2 is 1.14 bits per heavy atom. The van der Waals surface area contributed by atoms with Gasteiger partial charge in [0, 0.05) is 0 Å². The smallest absolute Gasteiger partial charge is 0.252 e. The second-order valence-electron chi connectivity index (χ2n) is 8.01. The van der Waals surface area contributed by atoms with Crippen LogP contribution in [0.3, 0.4) is 0 Å². The maximum atomic E-state index is 11.3. The lowest BCUT2D eigenvalue weighted by atomic mass is 10.0. The minimum atomic E-state index is -0.428. The van der Waals surface area contributed by atoms with Gasteiger partial charge in [-0.05, 0) is 18.6 Å². The standard InChI is InChI=1S/C25H43NO2/c1-2-3-4-5-6-7-8-9-10-11-12-13-14-15-16-19-22-28-24-21-18-17-20-23(24)25(26)27/h17-18,20-21H,2-16,19,22H2,1H3,(H2,26,27). The molecule has 1 rings (SSSR count). The molecule has 0 aliphatic carbocycles. The Kier molecular flexibility index (Phi) is 15.4. The van der Waals surface area contributed by atoms with Gasteiger partial charge in [0.05, 0.1) is 12.2 Å². The summed E-state index contributed by atoms with van der Waals surface area (Å²) >= 11 is 0. The molecule has 1 amide bonds. The molecular formula is C25H43NO2. The third kappa shape index (κ3) is 12.8. The fourth-order valence-corrected chi connectivity index (χ4v) is 3.63. The first-order valence-electron chi connectivity index (χ1n) is 11.8. The summed E-state index contributed by atoms with van der Waals surface area (Å²) < 4.78 is 5.72. The summed E-state index contributed by atoms with van der Waals surface area (Å²) in [4.78, 5) is 11.3. The van der Waals surface area contributed by atoms with E-state index in [9.17, 15) is 4.79 Å². The van der Waals surface area contributed by atoms with Crippen LogP contribution in [0.15, 0.2) is 24.3 Å². The summed E-state index contributed by atoms with van der Waals surface area (Å²) in [5.41, 5.74) is 5.83. The molecule has 1 aromatic carbocycles. The Bertz CT molecular complexity index is 501. The van der Waals surface area contributed by atoms with Gasteiger partial charge in [-0.2, -0.15) is 0 Å². The maximum absolute atomic E-state index is 11.3. The molecule has 160 valence electrons. The molecule has 0 heterocycles. The Hall–Kier alpha value is -1.51. The van der Waals surface area contributed by atoms with E-state index in [1.54, 1.807) is 6.07 Å². The van der Waals surface area contributed by atoms with Crippen molar-refractivity contribution in [1.82, 2.24) is 0 Å². The van der Waals surface area contributed by atoms with E-state index in [-0.39, 0.29) is 0 Å². The number of amides is 1. The summed E-state index contributed by atoms with van der Waals surface area (Å²) in [7, 11) is 0. The molecular weight excluding hydrogens is 346 g/mol. The molecule has 28 heavy (non-hydrogen) atoms. The molecule has 0 radical (unpaired) electrons. The van der Waals surface area contributed by atoms with Gasteiger partial charge in [0.25, 0.3) is 5.91 Å². The van der Waals surface area contributed by atoms with Crippen LogP contribution < -0.4 is 10.5 Å². The van der Waals surface area contributed by atoms with Crippen molar-refractivity contribution < 1.29 is 9.53 Å². The molecule has 3 heteroatoms. The Morgan fingerprint density at radius 3 is 1.61 bits per heavy atom. The van der Waals surface area contributed by atoms with Crippen molar-refractivity contribution in [3.8, 4) is 5.75 Å². The van der Waals surface area contributed by atoms with E-state index in [1.165, 1.54) is 96.3 Å². The van der Waals surface area contributed by atoms with Crippen LogP contribution in [0.25, 0.3) is 0 Å². The van der Waals surface area contributed by atoms with E-state index in [0.717, 1.165) is 6.42 Å². The van der Waals surface area contributed by atoms with Crippen LogP contribution in [0.5, 0.6) is 5.75 Å². The number of para-hydroxylation sites is 1. The number of carbonyl (C=O) groups excluding carboxylic acids is 1. The van der Waals surface area contributed by atoms with Crippen LogP contribution in [0, 0.1) is 0 Å². The first-order valence-corrected chi connectivity index (χ1v) is 11.8. The Labute approximate surface area is 173 Å². The lowest BCUT2D eigenvalue weighted by molar-refractivity contribution is 0.0996. The second kappa shape index (κ2) is 17.6. The van der Waals surface area contributed by atoms with E-state index >= 15 is 0 Å². The zero-order valence-electron chi connectivity index (χ0n) is 18.2. The molecule has 0 saturated carbocycles. The number of carbonyl (C=O) groups is 1. The maximum Gasteiger partial charge on any atom is 0.252 e. The first kappa shape index (κ1) is 24.5. The SMILES string of the molecule is CCCCCCCCCCCCCCCCCCOc1ccccc1C(N)=O. The lowest BCUT2D eigenvalue weighted by Crippen LogP contribution is -2.13. The van der Waals surface area contributed by atoms with Gasteiger partial charge in [0.15, 0.2) is 0 Å². The number of ether oxygens (including phenoxy) is 1. The summed E-state index contributed by atoms with van der Waals surface area (Å²) in [5, 5.41) is 0. The highest BCUT2D eigenvalue weighted by atomic mass is 16.5. The van der Waals surface area contributed by atoms with Crippen LogP contribution in [0.4, 0.5) is 0 Å². The van der Waals surface area contributed by atoms with E-state index < -0.39 is 5.91 Å². The van der Waals surface area contributed by atoms with Crippen molar-refractivity contribution in [3.63, 3.8) is 0 Å². The predicted octanol–water partition coefficient (Wildman–Crippen LogP) is 7.43. The number of benzene rings is 1. The van der Waals surface area contributed by atoms with Crippen LogP contribution in [0.2, 0.25) is 0 Å². The average molecular weight is 390 g/mol. The predicted molar refractivity (Wildman–Crippen MR) is 120 cm³/mol. The van der Waals surface area contributed by atoms with E-state index in [4.69, 9.17) is 10.5 Å². The number of rotatable bonds is 19. The molecule has 1 aromatic rings. The quantitative estimate of drug-likeness (QED) is 0.250. The largest absolute Gasteiger partial charge is 0.493 e. The zero-order valence-corrected chi connectivity index (χ0v) is 18.2. The minimum absolute atomic E-state index is 0.428. The van der Waals surface area contributed by atoms with Crippen LogP contribution in [-0.4, -0.2) is 12.5 Å². The van der Waals surface area contributed by atoms with Gasteiger partial charge in [0.1, 0.15) is 5.75 Å². The van der Waals surface area contributed by atoms with Gasteiger partial charge in [-0.15, -0.1) is 0 Å². The summed E-state index contributed by atoms with van der Waals surface area (Å²) in [5.74, 6) is 0.179. The Morgan fingerprint density at radius 1 is 0.714 bits per heavy atom. The molecule has 0 fully saturated rings. The summed E-state index contributed by atoms with van der Waals surface area (Å²) in [6, 6.07) is 7.20. The second-order valence-corrected chi connectivity index (χ2v) is 8.01. The van der Waals surface area contributed by atoms with Crippen LogP contribution >= 0.6 is 0 Å². The fourth-order valence-electron chi connectivity index (χ4n) is 3.63. The van der Waals surface area contributed by atoms with Gasteiger partial charge >= 0.3 is 0 Å². The highest BCUT2D eigenvalue weighted by Crippen LogP contribution is 2.18. The highest BCUT2D eigenvalue weighted by Gasteiger charge is 2.07. The highest BCUT2D eigenvalue weighted by molar-refractivity contribution is 5.95. The van der Waals surface area contributed by atoms with Crippen molar-refractivity contribution in [3.05, 3.63) is 29.8 Å². The minimum Gasteiger partial charge on any atom is -0.493 e. The summed E-state index contributed by atoms with van der Waals surface area (Å²) in [6.45, 7) is 2.94. The van der Waals surface area contributed by atoms with Crippen LogP contribution in [0.1, 0.15) is 120 Å². The van der Waals surface area contributed by atoms with Crippen molar-refractivity contribution in [2.75, 3.05) is 6.61 Å². The first-order chi connectivity index (χ1) is 13.8. The molecule has 0 atom stereocenters. The molecule has 0 aromatic heterocycles. The number of hydrogen-bond acceptors (Lipinski definition) is 2. The molecule has 0 bridgehead atoms. The van der Waals surface area contributed by atoms with E-state index in [2.05, 4.69) is 6.92 Å².